The van der Waals surface area contributed by atoms with E-state index in [2.05, 4.69) is 15.0 Å². The number of imidazole rings is 1. The van der Waals surface area contributed by atoms with Crippen molar-refractivity contribution in [2.45, 2.75) is 6.73 Å². The molecule has 2 aromatic heterocycles. The average molecular weight is 182 g/mol. The molecule has 2 aromatic rings. The molecule has 0 unspecified atom stereocenters. The Bertz CT molecular complexity index is 427. The Morgan fingerprint density at radius 2 is 2.31 bits per heavy atom. The molecule has 0 spiro atoms. The molecule has 5 nitrogen and oxygen atoms in total. The molecule has 0 aliphatic carbocycles. The second-order valence-corrected chi connectivity index (χ2v) is 2.47. The van der Waals surface area contributed by atoms with Gasteiger partial charge in [0, 0.05) is 7.11 Å². The highest BCUT2D eigenvalue weighted by Gasteiger charge is 2.08. The Kier molecular flexibility index (Phi) is 1.90. The van der Waals surface area contributed by atoms with Gasteiger partial charge in [0.15, 0.2) is 11.2 Å². The highest BCUT2D eigenvalue weighted by Crippen LogP contribution is 2.10. The lowest BCUT2D eigenvalue weighted by Crippen LogP contribution is -1.99. The van der Waals surface area contributed by atoms with Crippen LogP contribution in [0.15, 0.2) is 12.7 Å². The molecule has 0 saturated carbocycles. The van der Waals surface area contributed by atoms with E-state index >= 15 is 0 Å². The quantitative estimate of drug-likeness (QED) is 0.637. The first-order chi connectivity index (χ1) is 6.33. The van der Waals surface area contributed by atoms with Crippen LogP contribution in [-0.4, -0.2) is 26.6 Å². The summed E-state index contributed by atoms with van der Waals surface area (Å²) in [6.45, 7) is 0.299. The Labute approximate surface area is 73.2 Å². The van der Waals surface area contributed by atoms with Crippen molar-refractivity contribution in [3.63, 3.8) is 0 Å². The Balaban J connectivity index is 2.61. The smallest absolute Gasteiger partial charge is 0.244 e. The van der Waals surface area contributed by atoms with Crippen LogP contribution in [-0.2, 0) is 11.5 Å². The molecule has 0 N–H and O–H groups in total. The number of halogens is 1. The lowest BCUT2D eigenvalue weighted by Gasteiger charge is -1.99. The molecule has 6 heteroatoms. The van der Waals surface area contributed by atoms with Crippen molar-refractivity contribution in [3.05, 3.63) is 18.6 Å². The summed E-state index contributed by atoms with van der Waals surface area (Å²) in [5.74, 6) is -0.611. The summed E-state index contributed by atoms with van der Waals surface area (Å²) in [5, 5.41) is 0. The van der Waals surface area contributed by atoms with E-state index in [0.717, 1.165) is 6.33 Å². The summed E-state index contributed by atoms with van der Waals surface area (Å²) < 4.78 is 19.4. The molecule has 0 aromatic carbocycles. The highest BCUT2D eigenvalue weighted by atomic mass is 19.1. The highest BCUT2D eigenvalue weighted by molar-refractivity contribution is 5.69. The predicted molar refractivity (Wildman–Crippen MR) is 42.3 cm³/mol. The van der Waals surface area contributed by atoms with E-state index in [1.165, 1.54) is 6.33 Å². The van der Waals surface area contributed by atoms with Gasteiger partial charge in [0.2, 0.25) is 5.95 Å². The molecule has 0 bridgehead atoms. The van der Waals surface area contributed by atoms with E-state index in [9.17, 15) is 4.39 Å². The van der Waals surface area contributed by atoms with E-state index in [1.807, 2.05) is 0 Å². The van der Waals surface area contributed by atoms with Gasteiger partial charge in [0.05, 0.1) is 6.33 Å². The number of fused-ring (bicyclic) bond motifs is 1. The van der Waals surface area contributed by atoms with Crippen LogP contribution in [0.25, 0.3) is 11.2 Å². The van der Waals surface area contributed by atoms with Crippen molar-refractivity contribution in [2.75, 3.05) is 7.11 Å². The zero-order valence-electron chi connectivity index (χ0n) is 6.94. The lowest BCUT2D eigenvalue weighted by atomic mass is 10.5. The van der Waals surface area contributed by atoms with Crippen molar-refractivity contribution < 1.29 is 9.13 Å². The lowest BCUT2D eigenvalue weighted by molar-refractivity contribution is 0.134. The first-order valence-corrected chi connectivity index (χ1v) is 3.63. The first-order valence-electron chi connectivity index (χ1n) is 3.63. The maximum absolute atomic E-state index is 13.0. The van der Waals surface area contributed by atoms with Gasteiger partial charge < -0.3 is 4.74 Å². The molecule has 0 amide bonds. The van der Waals surface area contributed by atoms with Crippen LogP contribution in [0.1, 0.15) is 0 Å². The molecule has 0 fully saturated rings. The van der Waals surface area contributed by atoms with E-state index in [0.29, 0.717) is 12.4 Å². The van der Waals surface area contributed by atoms with Gasteiger partial charge >= 0.3 is 0 Å². The molecule has 0 aliphatic heterocycles. The zero-order chi connectivity index (χ0) is 9.26. The van der Waals surface area contributed by atoms with Crippen LogP contribution >= 0.6 is 0 Å². The average Bonchev–Trinajstić information content (AvgIpc) is 2.51. The predicted octanol–water partition coefficient (Wildman–Crippen LogP) is 0.569. The van der Waals surface area contributed by atoms with Crippen LogP contribution in [0.5, 0.6) is 0 Å². The molecule has 68 valence electrons. The summed E-state index contributed by atoms with van der Waals surface area (Å²) in [6, 6.07) is 0. The third kappa shape index (κ3) is 1.25. The van der Waals surface area contributed by atoms with Crippen LogP contribution in [0.3, 0.4) is 0 Å². The SMILES string of the molecule is COCn1cnc2c(F)ncnc21. The molecule has 0 radical (unpaired) electrons. The number of hydrogen-bond donors (Lipinski definition) is 0. The summed E-state index contributed by atoms with van der Waals surface area (Å²) in [5.41, 5.74) is 0.605. The summed E-state index contributed by atoms with van der Waals surface area (Å²) in [7, 11) is 1.55. The second-order valence-electron chi connectivity index (χ2n) is 2.47. The third-order valence-electron chi connectivity index (χ3n) is 1.62. The van der Waals surface area contributed by atoms with E-state index < -0.39 is 5.95 Å². The standard InChI is InChI=1S/C7H7FN4O/c1-13-4-12-3-11-5-6(8)9-2-10-7(5)12/h2-3H,4H2,1H3. The van der Waals surface area contributed by atoms with Crippen molar-refractivity contribution in [3.8, 4) is 0 Å². The summed E-state index contributed by atoms with van der Waals surface area (Å²) in [6.07, 6.45) is 2.62. The number of methoxy groups -OCH3 is 1. The van der Waals surface area contributed by atoms with Crippen LogP contribution in [0.2, 0.25) is 0 Å². The molecule has 0 aliphatic rings. The number of nitrogens with zero attached hydrogens (tertiary/aromatic N) is 4. The third-order valence-corrected chi connectivity index (χ3v) is 1.62. The van der Waals surface area contributed by atoms with Gasteiger partial charge in [0.1, 0.15) is 13.1 Å². The van der Waals surface area contributed by atoms with Gasteiger partial charge in [-0.15, -0.1) is 0 Å². The van der Waals surface area contributed by atoms with Crippen molar-refractivity contribution in [2.24, 2.45) is 0 Å². The van der Waals surface area contributed by atoms with Crippen LogP contribution in [0, 0.1) is 5.95 Å². The van der Waals surface area contributed by atoms with Gasteiger partial charge in [-0.25, -0.2) is 15.0 Å². The second kappa shape index (κ2) is 3.06. The minimum atomic E-state index is -0.611. The van der Waals surface area contributed by atoms with Crippen molar-refractivity contribution in [1.29, 1.82) is 0 Å². The summed E-state index contributed by atoms with van der Waals surface area (Å²) >= 11 is 0. The number of ether oxygens (including phenoxy) is 1. The molecule has 2 rings (SSSR count). The van der Waals surface area contributed by atoms with Gasteiger partial charge in [-0.1, -0.05) is 0 Å². The zero-order valence-corrected chi connectivity index (χ0v) is 6.94. The fraction of sp³-hybridized carbons (Fsp3) is 0.286. The maximum Gasteiger partial charge on any atom is 0.244 e. The number of hydrogen-bond acceptors (Lipinski definition) is 4. The Hall–Kier alpha value is -1.56. The van der Waals surface area contributed by atoms with E-state index in [1.54, 1.807) is 11.7 Å². The number of rotatable bonds is 2. The fourth-order valence-corrected chi connectivity index (χ4v) is 1.09. The first kappa shape index (κ1) is 8.06. The van der Waals surface area contributed by atoms with Crippen molar-refractivity contribution in [1.82, 2.24) is 19.5 Å². The monoisotopic (exact) mass is 182 g/mol. The van der Waals surface area contributed by atoms with Gasteiger partial charge in [-0.2, -0.15) is 4.39 Å². The number of aromatic nitrogens is 4. The molecule has 0 atom stereocenters. The molecular formula is C7H7FN4O. The van der Waals surface area contributed by atoms with E-state index in [4.69, 9.17) is 4.74 Å². The maximum atomic E-state index is 13.0. The van der Waals surface area contributed by atoms with Crippen molar-refractivity contribution >= 4 is 11.2 Å². The van der Waals surface area contributed by atoms with E-state index in [-0.39, 0.29) is 5.52 Å². The van der Waals surface area contributed by atoms with Gasteiger partial charge in [-0.3, -0.25) is 4.57 Å². The Morgan fingerprint density at radius 1 is 1.46 bits per heavy atom. The molecule has 13 heavy (non-hydrogen) atoms. The molecule has 2 heterocycles. The van der Waals surface area contributed by atoms with Crippen LogP contribution < -0.4 is 0 Å². The molecule has 0 saturated heterocycles. The van der Waals surface area contributed by atoms with Gasteiger partial charge in [-0.05, 0) is 0 Å². The summed E-state index contributed by atoms with van der Waals surface area (Å²) in [4.78, 5) is 11.1. The molecular weight excluding hydrogens is 175 g/mol. The largest absolute Gasteiger partial charge is 0.364 e. The van der Waals surface area contributed by atoms with Crippen LogP contribution in [0.4, 0.5) is 4.39 Å². The Morgan fingerprint density at radius 3 is 3.08 bits per heavy atom. The normalized spacial score (nSPS) is 10.9. The fourth-order valence-electron chi connectivity index (χ4n) is 1.09. The van der Waals surface area contributed by atoms with Gasteiger partial charge in [0.25, 0.3) is 0 Å². The topological polar surface area (TPSA) is 52.8 Å². The minimum absolute atomic E-state index is 0.166. The minimum Gasteiger partial charge on any atom is -0.364 e.